The molecule has 2 aliphatic heterocycles. The van der Waals surface area contributed by atoms with Crippen LogP contribution in [0.1, 0.15) is 83.9 Å². The maximum atomic E-state index is 14.5. The zero-order valence-corrected chi connectivity index (χ0v) is 40.5. The third-order valence-electron chi connectivity index (χ3n) is 12.2. The number of nitrogens with zero attached hydrogens (tertiary/aromatic N) is 1. The first kappa shape index (κ1) is 52.9. The SMILES string of the molecule is C#CCOc1cc(OC(=O)CC)ccc1C[N+]1(CC(=O)NC(CCc2ccccc2)C(=O)NC(CC(C)C)C(=O)NC(Cc2ccccc2)C(=O)NC(CC(C)C)C(=O)[C@@]2(C)CO2)CCOCC1. The number of carbonyl (C=O) groups excluding carboxylic acids is 6. The van der Waals surface area contributed by atoms with Crippen LogP contribution >= 0.6 is 0 Å². The molecule has 0 bridgehead atoms. The molecule has 2 saturated heterocycles. The van der Waals surface area contributed by atoms with E-state index in [0.717, 1.165) is 16.7 Å². The molecule has 0 radical (unpaired) electrons. The van der Waals surface area contributed by atoms with Gasteiger partial charge in [0.15, 0.2) is 12.3 Å². The van der Waals surface area contributed by atoms with Gasteiger partial charge in [0.05, 0.1) is 25.9 Å². The average Bonchev–Trinajstić information content (AvgIpc) is 4.07. The molecule has 2 aliphatic rings. The summed E-state index contributed by atoms with van der Waals surface area (Å²) in [6.45, 7) is 13.6. The molecule has 4 N–H and O–H groups in total. The first-order valence-corrected chi connectivity index (χ1v) is 23.8. The van der Waals surface area contributed by atoms with Crippen LogP contribution in [0, 0.1) is 24.2 Å². The number of quaternary nitrogens is 1. The lowest BCUT2D eigenvalue weighted by molar-refractivity contribution is -0.940. The minimum Gasteiger partial charge on any atom is -0.480 e. The number of nitrogens with one attached hydrogen (secondary N) is 4. The number of benzene rings is 3. The number of aryl methyl sites for hydroxylation is 1. The summed E-state index contributed by atoms with van der Waals surface area (Å²) >= 11 is 0. The van der Waals surface area contributed by atoms with E-state index in [9.17, 15) is 28.8 Å². The minimum absolute atomic E-state index is 0.00258. The van der Waals surface area contributed by atoms with Crippen LogP contribution in [-0.4, -0.2) is 116 Å². The Bertz CT molecular complexity index is 2220. The van der Waals surface area contributed by atoms with E-state index in [0.29, 0.717) is 57.2 Å². The number of hydrogen-bond donors (Lipinski definition) is 4. The van der Waals surface area contributed by atoms with Gasteiger partial charge < -0.3 is 44.7 Å². The fraction of sp³-hybridized carbons (Fsp3) is 0.509. The molecule has 3 aromatic rings. The van der Waals surface area contributed by atoms with Crippen molar-refractivity contribution in [2.75, 3.05) is 46.1 Å². The Hall–Kier alpha value is -6.08. The summed E-state index contributed by atoms with van der Waals surface area (Å²) in [6, 6.07) is 19.9. The second-order valence-electron chi connectivity index (χ2n) is 19.0. The van der Waals surface area contributed by atoms with E-state index in [2.05, 4.69) is 27.2 Å². The van der Waals surface area contributed by atoms with E-state index in [1.807, 2.05) is 88.4 Å². The van der Waals surface area contributed by atoms with Crippen molar-refractivity contribution in [2.45, 2.75) is 116 Å². The molecule has 3 aromatic carbocycles. The number of morpholine rings is 1. The largest absolute Gasteiger partial charge is 0.480 e. The predicted molar refractivity (Wildman–Crippen MR) is 257 cm³/mol. The minimum atomic E-state index is -1.09. The van der Waals surface area contributed by atoms with Crippen LogP contribution in [0.4, 0.5) is 0 Å². The number of ether oxygens (including phenoxy) is 4. The Morgan fingerprint density at radius 2 is 1.34 bits per heavy atom. The Morgan fingerprint density at radius 3 is 1.94 bits per heavy atom. The van der Waals surface area contributed by atoms with Crippen molar-refractivity contribution in [1.29, 1.82) is 0 Å². The molecule has 5 atom stereocenters. The third kappa shape index (κ3) is 16.3. The van der Waals surface area contributed by atoms with Gasteiger partial charge in [-0.15, -0.1) is 6.42 Å². The first-order valence-electron chi connectivity index (χ1n) is 23.8. The average molecular weight is 937 g/mol. The van der Waals surface area contributed by atoms with Crippen LogP contribution < -0.4 is 30.7 Å². The van der Waals surface area contributed by atoms with E-state index >= 15 is 0 Å². The molecule has 15 heteroatoms. The topological polar surface area (TPSA) is 191 Å². The summed E-state index contributed by atoms with van der Waals surface area (Å²) in [5.41, 5.74) is 1.54. The molecular formula is C53H70N5O10+. The van der Waals surface area contributed by atoms with Gasteiger partial charge in [0.1, 0.15) is 61.5 Å². The van der Waals surface area contributed by atoms with E-state index in [-0.39, 0.29) is 73.5 Å². The van der Waals surface area contributed by atoms with Crippen molar-refractivity contribution < 1.29 is 52.2 Å². The van der Waals surface area contributed by atoms with Crippen LogP contribution in [-0.2, 0) is 57.6 Å². The summed E-state index contributed by atoms with van der Waals surface area (Å²) < 4.78 is 22.8. The smallest absolute Gasteiger partial charge is 0.310 e. The van der Waals surface area contributed by atoms with E-state index in [4.69, 9.17) is 25.4 Å². The number of rotatable bonds is 26. The number of hydrogen-bond acceptors (Lipinski definition) is 10. The zero-order valence-electron chi connectivity index (χ0n) is 40.5. The fourth-order valence-electron chi connectivity index (χ4n) is 8.32. The monoisotopic (exact) mass is 937 g/mol. The molecule has 4 amide bonds. The number of amides is 4. The summed E-state index contributed by atoms with van der Waals surface area (Å²) in [5, 5.41) is 11.8. The van der Waals surface area contributed by atoms with Gasteiger partial charge in [-0.05, 0) is 67.7 Å². The standard InChI is InChI=1S/C53H69N5O10/c1-8-26-66-46-32-41(68-48(60)9-2)22-21-40(46)33-58(24-27-65-28-25-58)34-47(59)54-42(23-20-38-16-12-10-13-17-38)50(62)56-44(30-37(5)6)51(63)57-45(31-39-18-14-11-15-19-39)52(64)55-43(29-36(3)4)49(61)53(7)35-67-53/h1,10-19,21-22,32,36-37,42-45H,9,20,23-31,33-35H2,2-7H3,(H3-,54,55,56,57,59,62,63,64)/p+1/t42?,43?,44?,45?,53-/m1/s1. The molecule has 0 aromatic heterocycles. The van der Waals surface area contributed by atoms with Crippen LogP contribution in [0.3, 0.4) is 0 Å². The molecular weight excluding hydrogens is 867 g/mol. The lowest BCUT2D eigenvalue weighted by Gasteiger charge is -2.41. The molecule has 2 heterocycles. The molecule has 0 spiro atoms. The maximum absolute atomic E-state index is 14.5. The maximum Gasteiger partial charge on any atom is 0.310 e. The Labute approximate surface area is 401 Å². The highest BCUT2D eigenvalue weighted by atomic mass is 16.6. The lowest BCUT2D eigenvalue weighted by Crippen LogP contribution is -2.61. The molecule has 15 nitrogen and oxygen atoms in total. The number of carbonyl (C=O) groups is 6. The second-order valence-corrected chi connectivity index (χ2v) is 19.0. The van der Waals surface area contributed by atoms with Crippen molar-refractivity contribution >= 4 is 35.4 Å². The van der Waals surface area contributed by atoms with Gasteiger partial charge in [0.25, 0.3) is 5.91 Å². The quantitative estimate of drug-likeness (QED) is 0.0291. The van der Waals surface area contributed by atoms with Gasteiger partial charge >= 0.3 is 5.97 Å². The van der Waals surface area contributed by atoms with Crippen LogP contribution in [0.15, 0.2) is 78.9 Å². The fourth-order valence-corrected chi connectivity index (χ4v) is 8.32. The van der Waals surface area contributed by atoms with Crippen molar-refractivity contribution in [3.63, 3.8) is 0 Å². The zero-order chi connectivity index (χ0) is 49.3. The molecule has 366 valence electrons. The highest BCUT2D eigenvalue weighted by molar-refractivity contribution is 5.99. The highest BCUT2D eigenvalue weighted by Gasteiger charge is 2.50. The molecule has 0 aliphatic carbocycles. The normalized spacial score (nSPS) is 17.9. The number of terminal acetylenes is 1. The van der Waals surface area contributed by atoms with Gasteiger partial charge in [-0.3, -0.25) is 28.8 Å². The van der Waals surface area contributed by atoms with Crippen LogP contribution in [0.5, 0.6) is 11.5 Å². The Kier molecular flexibility index (Phi) is 19.7. The first-order chi connectivity index (χ1) is 32.5. The van der Waals surface area contributed by atoms with Gasteiger partial charge in [-0.2, -0.15) is 0 Å². The molecule has 0 saturated carbocycles. The third-order valence-corrected chi connectivity index (χ3v) is 12.2. The van der Waals surface area contributed by atoms with E-state index < -0.39 is 53.5 Å². The van der Waals surface area contributed by atoms with Gasteiger partial charge in [-0.1, -0.05) is 101 Å². The highest BCUT2D eigenvalue weighted by Crippen LogP contribution is 2.31. The number of ketones is 1. The summed E-state index contributed by atoms with van der Waals surface area (Å²) in [6.07, 6.45) is 7.18. The molecule has 5 rings (SSSR count). The molecule has 4 unspecified atom stereocenters. The number of esters is 1. The number of Topliss-reactive ketones (excluding diaryl/α,β-unsaturated/α-hetero) is 1. The van der Waals surface area contributed by atoms with Crippen LogP contribution in [0.25, 0.3) is 0 Å². The Morgan fingerprint density at radius 1 is 0.765 bits per heavy atom. The summed E-state index contributed by atoms with van der Waals surface area (Å²) in [5.74, 6) is 0.610. The van der Waals surface area contributed by atoms with Crippen molar-refractivity contribution in [3.8, 4) is 23.8 Å². The Balaban J connectivity index is 1.37. The van der Waals surface area contributed by atoms with Crippen molar-refractivity contribution in [2.24, 2.45) is 11.8 Å². The van der Waals surface area contributed by atoms with Gasteiger partial charge in [-0.25, -0.2) is 0 Å². The van der Waals surface area contributed by atoms with Crippen LogP contribution in [0.2, 0.25) is 0 Å². The van der Waals surface area contributed by atoms with Gasteiger partial charge in [0, 0.05) is 24.5 Å². The van der Waals surface area contributed by atoms with E-state index in [1.165, 1.54) is 0 Å². The molecule has 2 fully saturated rings. The summed E-state index contributed by atoms with van der Waals surface area (Å²) in [7, 11) is 0. The van der Waals surface area contributed by atoms with Crippen molar-refractivity contribution in [3.05, 3.63) is 95.6 Å². The molecule has 68 heavy (non-hydrogen) atoms. The number of epoxide rings is 1. The van der Waals surface area contributed by atoms with Crippen molar-refractivity contribution in [1.82, 2.24) is 21.3 Å². The van der Waals surface area contributed by atoms with Gasteiger partial charge in [0.2, 0.25) is 17.7 Å². The predicted octanol–water partition coefficient (Wildman–Crippen LogP) is 4.63. The second kappa shape index (κ2) is 25.3. The lowest BCUT2D eigenvalue weighted by atomic mass is 9.93. The van der Waals surface area contributed by atoms with E-state index in [1.54, 1.807) is 32.0 Å². The summed E-state index contributed by atoms with van der Waals surface area (Å²) in [4.78, 5) is 83.1.